The molecule has 0 saturated carbocycles. The van der Waals surface area contributed by atoms with Crippen LogP contribution in [0.25, 0.3) is 0 Å². The number of benzene rings is 2. The first-order chi connectivity index (χ1) is 12.0. The number of nitrogens with one attached hydrogen (secondary N) is 1. The molecule has 0 unspecified atom stereocenters. The second kappa shape index (κ2) is 7.07. The van der Waals surface area contributed by atoms with E-state index in [0.29, 0.717) is 6.07 Å². The monoisotopic (exact) mass is 385 g/mol. The Morgan fingerprint density at radius 1 is 0.923 bits per heavy atom. The third kappa shape index (κ3) is 4.14. The summed E-state index contributed by atoms with van der Waals surface area (Å²) in [5.41, 5.74) is -0.339. The molecule has 0 saturated heterocycles. The third-order valence-corrected chi connectivity index (χ3v) is 4.36. The summed E-state index contributed by atoms with van der Waals surface area (Å²) >= 11 is 0. The van der Waals surface area contributed by atoms with Crippen LogP contribution in [-0.4, -0.2) is 44.5 Å². The number of phenols is 4. The smallest absolute Gasteiger partial charge is 0.339 e. The summed E-state index contributed by atoms with van der Waals surface area (Å²) in [5, 5.41) is 50.5. The number of aromatic carboxylic acids is 1. The van der Waals surface area contributed by atoms with Crippen molar-refractivity contribution in [1.82, 2.24) is 5.32 Å². The molecule has 0 bridgehead atoms. The van der Waals surface area contributed by atoms with E-state index in [9.17, 15) is 33.6 Å². The molecule has 0 spiro atoms. The molecule has 0 heterocycles. The molecule has 26 heavy (non-hydrogen) atoms. The first-order valence-corrected chi connectivity index (χ1v) is 8.46. The third-order valence-electron chi connectivity index (χ3n) is 3.47. The zero-order chi connectivity index (χ0) is 19.6. The highest BCUT2D eigenvalue weighted by Crippen LogP contribution is 2.31. The Kier molecular flexibility index (Phi) is 5.25. The van der Waals surface area contributed by atoms with Gasteiger partial charge >= 0.3 is 5.97 Å². The number of hydrogen-bond acceptors (Lipinski definition) is 8. The normalized spacial score (nSPS) is 11.4. The van der Waals surface area contributed by atoms with Gasteiger partial charge in [-0.2, -0.15) is 8.42 Å². The van der Waals surface area contributed by atoms with E-state index in [0.717, 1.165) is 18.2 Å². The number of aromatic hydroxyl groups is 4. The molecule has 2 rings (SSSR count). The molecule has 2 aromatic rings. The Morgan fingerprint density at radius 3 is 2.12 bits per heavy atom. The maximum absolute atomic E-state index is 11.0. The zero-order valence-corrected chi connectivity index (χ0v) is 13.9. The van der Waals surface area contributed by atoms with Crippen molar-refractivity contribution in [3.8, 4) is 23.0 Å². The molecule has 0 aliphatic rings. The van der Waals surface area contributed by atoms with Crippen LogP contribution in [0, 0.1) is 0 Å². The van der Waals surface area contributed by atoms with E-state index in [1.54, 1.807) is 0 Å². The van der Waals surface area contributed by atoms with E-state index in [1.807, 2.05) is 0 Å². The standard InChI is InChI=1S/C15H15NO9S/c17-9-1-8(14(20)10(3-9)15(21)22)6-16-5-7-2-12(19)13(4-11(7)18)26(23,24)25/h1-4,16-20H,5-6H2,(H,21,22)(H,23,24,25). The number of carbonyl (C=O) groups is 1. The lowest BCUT2D eigenvalue weighted by atomic mass is 10.1. The van der Waals surface area contributed by atoms with Crippen molar-refractivity contribution in [2.24, 2.45) is 0 Å². The van der Waals surface area contributed by atoms with Crippen LogP contribution in [-0.2, 0) is 23.2 Å². The van der Waals surface area contributed by atoms with E-state index in [1.165, 1.54) is 0 Å². The molecule has 10 nitrogen and oxygen atoms in total. The van der Waals surface area contributed by atoms with Crippen molar-refractivity contribution in [2.75, 3.05) is 0 Å². The van der Waals surface area contributed by atoms with Gasteiger partial charge in [0.05, 0.1) is 0 Å². The molecule has 0 atom stereocenters. The van der Waals surface area contributed by atoms with Crippen LogP contribution < -0.4 is 5.32 Å². The minimum absolute atomic E-state index is 0.0701. The Morgan fingerprint density at radius 2 is 1.54 bits per heavy atom. The topological polar surface area (TPSA) is 185 Å². The second-order valence-electron chi connectivity index (χ2n) is 5.33. The van der Waals surface area contributed by atoms with Gasteiger partial charge in [0, 0.05) is 30.3 Å². The van der Waals surface area contributed by atoms with Crippen molar-refractivity contribution in [3.63, 3.8) is 0 Å². The van der Waals surface area contributed by atoms with E-state index in [4.69, 9.17) is 9.66 Å². The van der Waals surface area contributed by atoms with Gasteiger partial charge in [-0.25, -0.2) is 4.79 Å². The predicted octanol–water partition coefficient (Wildman–Crippen LogP) is 0.744. The fourth-order valence-electron chi connectivity index (χ4n) is 2.26. The van der Waals surface area contributed by atoms with Gasteiger partial charge < -0.3 is 30.8 Å². The summed E-state index contributed by atoms with van der Waals surface area (Å²) < 4.78 is 31.0. The molecule has 0 radical (unpaired) electrons. The number of hydrogen-bond donors (Lipinski definition) is 7. The molecule has 11 heteroatoms. The molecule has 0 fully saturated rings. The molecule has 0 aliphatic carbocycles. The van der Waals surface area contributed by atoms with Crippen molar-refractivity contribution in [2.45, 2.75) is 18.0 Å². The SMILES string of the molecule is O=C(O)c1cc(O)cc(CNCc2cc(O)c(S(=O)(=O)O)cc2O)c1O. The Hall–Kier alpha value is -3.02. The van der Waals surface area contributed by atoms with Gasteiger partial charge in [0.25, 0.3) is 10.1 Å². The van der Waals surface area contributed by atoms with Crippen LogP contribution in [0.3, 0.4) is 0 Å². The molecule has 0 aromatic heterocycles. The van der Waals surface area contributed by atoms with Crippen LogP contribution in [0.2, 0.25) is 0 Å². The summed E-state index contributed by atoms with van der Waals surface area (Å²) in [7, 11) is -4.71. The van der Waals surface area contributed by atoms with Crippen LogP contribution >= 0.6 is 0 Å². The van der Waals surface area contributed by atoms with E-state index < -0.39 is 43.8 Å². The molecule has 2 aromatic carbocycles. The molecule has 140 valence electrons. The van der Waals surface area contributed by atoms with E-state index >= 15 is 0 Å². The largest absolute Gasteiger partial charge is 0.508 e. The summed E-state index contributed by atoms with van der Waals surface area (Å²) in [4.78, 5) is 10.1. The maximum atomic E-state index is 11.0. The van der Waals surface area contributed by atoms with Gasteiger partial charge in [-0.15, -0.1) is 0 Å². The summed E-state index contributed by atoms with van der Waals surface area (Å²) in [6, 6.07) is 3.64. The number of carboxylic acids is 1. The van der Waals surface area contributed by atoms with Gasteiger partial charge in [0.2, 0.25) is 0 Å². The minimum Gasteiger partial charge on any atom is -0.508 e. The zero-order valence-electron chi connectivity index (χ0n) is 13.0. The first kappa shape index (κ1) is 19.3. The van der Waals surface area contributed by atoms with Gasteiger partial charge in [-0.3, -0.25) is 4.55 Å². The highest BCUT2D eigenvalue weighted by Gasteiger charge is 2.19. The number of rotatable bonds is 6. The van der Waals surface area contributed by atoms with Crippen LogP contribution in [0.5, 0.6) is 23.0 Å². The fraction of sp³-hybridized carbons (Fsp3) is 0.133. The van der Waals surface area contributed by atoms with Crippen molar-refractivity contribution >= 4 is 16.1 Å². The average molecular weight is 385 g/mol. The van der Waals surface area contributed by atoms with Gasteiger partial charge in [0.15, 0.2) is 0 Å². The van der Waals surface area contributed by atoms with Crippen LogP contribution in [0.4, 0.5) is 0 Å². The Balaban J connectivity index is 2.19. The van der Waals surface area contributed by atoms with E-state index in [2.05, 4.69) is 5.32 Å². The Bertz CT molecular complexity index is 970. The molecule has 7 N–H and O–H groups in total. The summed E-state index contributed by atoms with van der Waals surface area (Å²) in [6.45, 7) is -0.219. The maximum Gasteiger partial charge on any atom is 0.339 e. The van der Waals surface area contributed by atoms with Gasteiger partial charge in [0.1, 0.15) is 33.5 Å². The van der Waals surface area contributed by atoms with Crippen LogP contribution in [0.15, 0.2) is 29.2 Å². The lowest BCUT2D eigenvalue weighted by molar-refractivity contribution is 0.0693. The minimum atomic E-state index is -4.71. The molecule has 0 amide bonds. The second-order valence-corrected chi connectivity index (χ2v) is 6.72. The Labute approximate surface area is 147 Å². The quantitative estimate of drug-likeness (QED) is 0.276. The van der Waals surface area contributed by atoms with Crippen LogP contribution in [0.1, 0.15) is 21.5 Å². The van der Waals surface area contributed by atoms with Crippen molar-refractivity contribution < 1.29 is 43.3 Å². The highest BCUT2D eigenvalue weighted by molar-refractivity contribution is 7.86. The first-order valence-electron chi connectivity index (χ1n) is 7.02. The fourth-order valence-corrected chi connectivity index (χ4v) is 2.84. The van der Waals surface area contributed by atoms with Crippen molar-refractivity contribution in [3.05, 3.63) is 41.0 Å². The van der Waals surface area contributed by atoms with Gasteiger partial charge in [-0.1, -0.05) is 0 Å². The molecular formula is C15H15NO9S. The highest BCUT2D eigenvalue weighted by atomic mass is 32.2. The lowest BCUT2D eigenvalue weighted by Gasteiger charge is -2.12. The number of phenolic OH excluding ortho intramolecular Hbond substituents is 3. The summed E-state index contributed by atoms with van der Waals surface area (Å²) in [5.74, 6) is -3.63. The summed E-state index contributed by atoms with van der Waals surface area (Å²) in [6.07, 6.45) is 0. The predicted molar refractivity (Wildman–Crippen MR) is 86.9 cm³/mol. The molecule has 0 aliphatic heterocycles. The van der Waals surface area contributed by atoms with E-state index in [-0.39, 0.29) is 30.0 Å². The number of carboxylic acid groups (broad SMARTS) is 1. The lowest BCUT2D eigenvalue weighted by Crippen LogP contribution is -2.14. The van der Waals surface area contributed by atoms with Crippen molar-refractivity contribution in [1.29, 1.82) is 0 Å². The van der Waals surface area contributed by atoms with Gasteiger partial charge in [-0.05, 0) is 18.2 Å². The average Bonchev–Trinajstić information content (AvgIpc) is 2.51. The molecular weight excluding hydrogens is 370 g/mol.